The van der Waals surface area contributed by atoms with Gasteiger partial charge in [-0.25, -0.2) is 0 Å². The highest BCUT2D eigenvalue weighted by Gasteiger charge is 2.07. The van der Waals surface area contributed by atoms with Crippen LogP contribution in [0.3, 0.4) is 0 Å². The van der Waals surface area contributed by atoms with E-state index in [1.807, 2.05) is 6.92 Å². The van der Waals surface area contributed by atoms with Gasteiger partial charge in [0.05, 0.1) is 12.1 Å². The zero-order valence-electron chi connectivity index (χ0n) is 7.10. The van der Waals surface area contributed by atoms with E-state index in [1.54, 1.807) is 12.1 Å². The summed E-state index contributed by atoms with van der Waals surface area (Å²) in [7, 11) is 1.48. The molecule has 0 radical (unpaired) electrons. The smallest absolute Gasteiger partial charge is 0.179 e. The summed E-state index contributed by atoms with van der Waals surface area (Å²) in [4.78, 5) is 0. The molecule has 1 aromatic carbocycles. The molecule has 0 heterocycles. The van der Waals surface area contributed by atoms with Crippen LogP contribution in [-0.2, 0) is 6.42 Å². The molecule has 3 heteroatoms. The molecule has 1 N–H and O–H groups in total. The van der Waals surface area contributed by atoms with Gasteiger partial charge in [0.15, 0.2) is 11.5 Å². The van der Waals surface area contributed by atoms with E-state index in [0.29, 0.717) is 10.8 Å². The highest BCUT2D eigenvalue weighted by atomic mass is 35.5. The van der Waals surface area contributed by atoms with Gasteiger partial charge in [-0.05, 0) is 24.1 Å². The lowest BCUT2D eigenvalue weighted by atomic mass is 10.1. The molecule has 0 aliphatic rings. The Bertz CT molecular complexity index is 261. The molecular weight excluding hydrogens is 176 g/mol. The van der Waals surface area contributed by atoms with Crippen molar-refractivity contribution in [3.8, 4) is 11.5 Å². The first-order valence-corrected chi connectivity index (χ1v) is 4.12. The fraction of sp³-hybridized carbons (Fsp3) is 0.333. The summed E-state index contributed by atoms with van der Waals surface area (Å²) in [5, 5.41) is 9.85. The monoisotopic (exact) mass is 186 g/mol. The molecule has 1 rings (SSSR count). The second-order valence-corrected chi connectivity index (χ2v) is 2.89. The Morgan fingerprint density at radius 1 is 1.50 bits per heavy atom. The molecule has 0 spiro atoms. The van der Waals surface area contributed by atoms with Crippen molar-refractivity contribution in [3.05, 3.63) is 22.7 Å². The molecule has 0 atom stereocenters. The Kier molecular flexibility index (Phi) is 2.82. The Hall–Kier alpha value is -0.890. The summed E-state index contributed by atoms with van der Waals surface area (Å²) in [5.41, 5.74) is 0.998. The van der Waals surface area contributed by atoms with Gasteiger partial charge in [-0.15, -0.1) is 0 Å². The number of ether oxygens (including phenoxy) is 1. The van der Waals surface area contributed by atoms with Crippen molar-refractivity contribution >= 4 is 11.6 Å². The normalized spacial score (nSPS) is 9.92. The van der Waals surface area contributed by atoms with E-state index < -0.39 is 0 Å². The standard InChI is InChI=1S/C9H11ClO2/c1-3-6-4-7(10)9(12-2)8(11)5-6/h4-5,11H,3H2,1-2H3. The zero-order valence-corrected chi connectivity index (χ0v) is 7.85. The highest BCUT2D eigenvalue weighted by molar-refractivity contribution is 6.32. The molecule has 0 saturated carbocycles. The first-order chi connectivity index (χ1) is 5.69. The molecule has 0 fully saturated rings. The summed E-state index contributed by atoms with van der Waals surface area (Å²) >= 11 is 5.83. The van der Waals surface area contributed by atoms with E-state index in [4.69, 9.17) is 16.3 Å². The fourth-order valence-corrected chi connectivity index (χ4v) is 1.35. The molecule has 0 saturated heterocycles. The van der Waals surface area contributed by atoms with Crippen LogP contribution in [0.15, 0.2) is 12.1 Å². The van der Waals surface area contributed by atoms with Crippen LogP contribution >= 0.6 is 11.6 Å². The van der Waals surface area contributed by atoms with Crippen LogP contribution < -0.4 is 4.74 Å². The number of phenols is 1. The molecule has 0 aliphatic carbocycles. The topological polar surface area (TPSA) is 29.5 Å². The van der Waals surface area contributed by atoms with Crippen LogP contribution in [0.25, 0.3) is 0 Å². The number of aryl methyl sites for hydroxylation is 1. The van der Waals surface area contributed by atoms with Gasteiger partial charge in [0.1, 0.15) is 0 Å². The van der Waals surface area contributed by atoms with Gasteiger partial charge in [-0.2, -0.15) is 0 Å². The van der Waals surface area contributed by atoms with Gasteiger partial charge >= 0.3 is 0 Å². The lowest BCUT2D eigenvalue weighted by Gasteiger charge is -2.06. The molecule has 0 bridgehead atoms. The van der Waals surface area contributed by atoms with Crippen molar-refractivity contribution in [2.75, 3.05) is 7.11 Å². The maximum absolute atomic E-state index is 9.39. The number of aromatic hydroxyl groups is 1. The predicted molar refractivity (Wildman–Crippen MR) is 49.0 cm³/mol. The van der Waals surface area contributed by atoms with Gasteiger partial charge in [-0.1, -0.05) is 18.5 Å². The van der Waals surface area contributed by atoms with Crippen molar-refractivity contribution in [1.29, 1.82) is 0 Å². The van der Waals surface area contributed by atoms with E-state index in [1.165, 1.54) is 7.11 Å². The molecule has 2 nitrogen and oxygen atoms in total. The first kappa shape index (κ1) is 9.20. The fourth-order valence-electron chi connectivity index (χ4n) is 1.04. The quantitative estimate of drug-likeness (QED) is 0.770. The minimum atomic E-state index is 0.0989. The third kappa shape index (κ3) is 1.64. The van der Waals surface area contributed by atoms with Gasteiger partial charge in [0, 0.05) is 0 Å². The lowest BCUT2D eigenvalue weighted by molar-refractivity contribution is 0.373. The molecule has 1 aromatic rings. The van der Waals surface area contributed by atoms with Gasteiger partial charge < -0.3 is 9.84 Å². The Morgan fingerprint density at radius 2 is 2.17 bits per heavy atom. The summed E-state index contributed by atoms with van der Waals surface area (Å²) < 4.78 is 4.89. The van der Waals surface area contributed by atoms with Crippen LogP contribution in [0, 0.1) is 0 Å². The zero-order chi connectivity index (χ0) is 9.14. The van der Waals surface area contributed by atoms with Crippen molar-refractivity contribution < 1.29 is 9.84 Å². The maximum atomic E-state index is 9.39. The number of rotatable bonds is 2. The average molecular weight is 187 g/mol. The molecule has 12 heavy (non-hydrogen) atoms. The second-order valence-electron chi connectivity index (χ2n) is 2.48. The number of hydrogen-bond donors (Lipinski definition) is 1. The molecule has 0 amide bonds. The maximum Gasteiger partial charge on any atom is 0.179 e. The molecular formula is C9H11ClO2. The molecule has 0 unspecified atom stereocenters. The highest BCUT2D eigenvalue weighted by Crippen LogP contribution is 2.35. The average Bonchev–Trinajstić information content (AvgIpc) is 2.03. The van der Waals surface area contributed by atoms with Crippen molar-refractivity contribution in [2.24, 2.45) is 0 Å². The Morgan fingerprint density at radius 3 is 2.58 bits per heavy atom. The van der Waals surface area contributed by atoms with Crippen LogP contribution in [-0.4, -0.2) is 12.2 Å². The van der Waals surface area contributed by atoms with Crippen LogP contribution in [0.4, 0.5) is 0 Å². The first-order valence-electron chi connectivity index (χ1n) is 3.74. The molecule has 0 aromatic heterocycles. The minimum Gasteiger partial charge on any atom is -0.504 e. The van der Waals surface area contributed by atoms with Crippen LogP contribution in [0.5, 0.6) is 11.5 Å². The van der Waals surface area contributed by atoms with Gasteiger partial charge in [-0.3, -0.25) is 0 Å². The van der Waals surface area contributed by atoms with Crippen LogP contribution in [0.2, 0.25) is 5.02 Å². The third-order valence-corrected chi connectivity index (χ3v) is 1.98. The Balaban J connectivity index is 3.18. The van der Waals surface area contributed by atoms with Crippen molar-refractivity contribution in [2.45, 2.75) is 13.3 Å². The number of methoxy groups -OCH3 is 1. The third-order valence-electron chi connectivity index (χ3n) is 1.70. The Labute approximate surface area is 76.7 Å². The van der Waals surface area contributed by atoms with E-state index >= 15 is 0 Å². The summed E-state index contributed by atoms with van der Waals surface area (Å²) in [6.45, 7) is 2.00. The van der Waals surface area contributed by atoms with E-state index in [9.17, 15) is 5.11 Å². The van der Waals surface area contributed by atoms with E-state index in [2.05, 4.69) is 0 Å². The summed E-state index contributed by atoms with van der Waals surface area (Å²) in [5.74, 6) is 0.440. The van der Waals surface area contributed by atoms with E-state index in [-0.39, 0.29) is 5.75 Å². The predicted octanol–water partition coefficient (Wildman–Crippen LogP) is 2.62. The molecule has 0 aliphatic heterocycles. The van der Waals surface area contributed by atoms with Crippen molar-refractivity contribution in [3.63, 3.8) is 0 Å². The van der Waals surface area contributed by atoms with Crippen molar-refractivity contribution in [1.82, 2.24) is 0 Å². The van der Waals surface area contributed by atoms with E-state index in [0.717, 1.165) is 12.0 Å². The number of phenolic OH excluding ortho intramolecular Hbond substituents is 1. The van der Waals surface area contributed by atoms with Crippen LogP contribution in [0.1, 0.15) is 12.5 Å². The second kappa shape index (κ2) is 3.68. The largest absolute Gasteiger partial charge is 0.504 e. The van der Waals surface area contributed by atoms with Gasteiger partial charge in [0.25, 0.3) is 0 Å². The minimum absolute atomic E-state index is 0.0989. The van der Waals surface area contributed by atoms with Gasteiger partial charge in [0.2, 0.25) is 0 Å². The summed E-state index contributed by atoms with van der Waals surface area (Å²) in [6, 6.07) is 3.45. The number of halogens is 1. The lowest BCUT2D eigenvalue weighted by Crippen LogP contribution is -1.87. The summed E-state index contributed by atoms with van der Waals surface area (Å²) in [6.07, 6.45) is 0.845. The number of hydrogen-bond acceptors (Lipinski definition) is 2. The SMILES string of the molecule is CCc1cc(O)c(OC)c(Cl)c1. The molecule has 66 valence electrons. The number of benzene rings is 1.